The number of hydrogen-bond donors (Lipinski definition) is 2. The zero-order chi connectivity index (χ0) is 14.0. The molecular weight excluding hydrogens is 264 g/mol. The van der Waals surface area contributed by atoms with E-state index >= 15 is 0 Å². The lowest BCUT2D eigenvalue weighted by atomic mass is 10.1. The Labute approximate surface area is 98.2 Å². The summed E-state index contributed by atoms with van der Waals surface area (Å²) in [6.07, 6.45) is -10.4. The van der Waals surface area contributed by atoms with Crippen molar-refractivity contribution in [2.24, 2.45) is 0 Å². The van der Waals surface area contributed by atoms with E-state index in [2.05, 4.69) is 0 Å². The van der Waals surface area contributed by atoms with Gasteiger partial charge in [-0.05, 0) is 18.2 Å². The van der Waals surface area contributed by atoms with Crippen LogP contribution in [-0.4, -0.2) is 24.0 Å². The van der Waals surface area contributed by atoms with Crippen molar-refractivity contribution < 1.29 is 31.4 Å². The van der Waals surface area contributed by atoms with Crippen molar-refractivity contribution in [2.75, 3.05) is 11.9 Å². The summed E-state index contributed by atoms with van der Waals surface area (Å²) in [6.45, 7) is -1.36. The largest absolute Gasteiger partial charge is 0.508 e. The van der Waals surface area contributed by atoms with Crippen LogP contribution in [0.3, 0.4) is 0 Å². The maximum Gasteiger partial charge on any atom is 0.405 e. The van der Waals surface area contributed by atoms with Crippen molar-refractivity contribution in [1.29, 1.82) is 0 Å². The molecule has 8 heteroatoms. The number of rotatable bonds is 3. The van der Waals surface area contributed by atoms with Crippen LogP contribution in [0.4, 0.5) is 32.0 Å². The lowest BCUT2D eigenvalue weighted by Gasteiger charge is -2.13. The van der Waals surface area contributed by atoms with E-state index < -0.39 is 36.6 Å². The SMILES string of the molecule is Oc1ccc(NCC(F)(F)F)cc1CC(F)(F)F. The van der Waals surface area contributed by atoms with Gasteiger partial charge < -0.3 is 10.4 Å². The molecule has 2 N–H and O–H groups in total. The topological polar surface area (TPSA) is 32.3 Å². The zero-order valence-electron chi connectivity index (χ0n) is 8.86. The molecule has 0 amide bonds. The molecule has 0 heterocycles. The number of aromatic hydroxyl groups is 1. The van der Waals surface area contributed by atoms with E-state index in [0.717, 1.165) is 18.2 Å². The molecule has 102 valence electrons. The second kappa shape index (κ2) is 4.95. The van der Waals surface area contributed by atoms with E-state index in [1.54, 1.807) is 0 Å². The van der Waals surface area contributed by atoms with Crippen molar-refractivity contribution in [1.82, 2.24) is 0 Å². The Morgan fingerprint density at radius 3 is 2.11 bits per heavy atom. The molecule has 0 fully saturated rings. The van der Waals surface area contributed by atoms with Gasteiger partial charge in [0.15, 0.2) is 0 Å². The van der Waals surface area contributed by atoms with Crippen LogP contribution in [0, 0.1) is 0 Å². The zero-order valence-corrected chi connectivity index (χ0v) is 8.86. The maximum absolute atomic E-state index is 12.1. The first-order valence-corrected chi connectivity index (χ1v) is 4.76. The van der Waals surface area contributed by atoms with Gasteiger partial charge in [-0.3, -0.25) is 0 Å². The lowest BCUT2D eigenvalue weighted by molar-refractivity contribution is -0.127. The summed E-state index contributed by atoms with van der Waals surface area (Å²) in [4.78, 5) is 0. The van der Waals surface area contributed by atoms with Crippen molar-refractivity contribution in [3.05, 3.63) is 23.8 Å². The molecule has 0 aliphatic carbocycles. The summed E-state index contributed by atoms with van der Waals surface area (Å²) >= 11 is 0. The molecule has 1 rings (SSSR count). The molecule has 0 saturated heterocycles. The molecule has 0 spiro atoms. The first-order valence-electron chi connectivity index (χ1n) is 4.76. The van der Waals surface area contributed by atoms with E-state index in [1.165, 1.54) is 0 Å². The summed E-state index contributed by atoms with van der Waals surface area (Å²) in [6, 6.07) is 2.83. The second-order valence-electron chi connectivity index (χ2n) is 3.60. The van der Waals surface area contributed by atoms with E-state index in [4.69, 9.17) is 0 Å². The lowest BCUT2D eigenvalue weighted by Crippen LogP contribution is -2.21. The Bertz CT molecular complexity index is 412. The molecule has 0 atom stereocenters. The molecule has 18 heavy (non-hydrogen) atoms. The fourth-order valence-corrected chi connectivity index (χ4v) is 1.26. The second-order valence-corrected chi connectivity index (χ2v) is 3.60. The molecule has 0 saturated carbocycles. The van der Waals surface area contributed by atoms with Gasteiger partial charge in [0.1, 0.15) is 12.3 Å². The fraction of sp³-hybridized carbons (Fsp3) is 0.400. The third-order valence-corrected chi connectivity index (χ3v) is 1.96. The van der Waals surface area contributed by atoms with Gasteiger partial charge in [0.2, 0.25) is 0 Å². The summed E-state index contributed by atoms with van der Waals surface area (Å²) in [5.41, 5.74) is -0.612. The van der Waals surface area contributed by atoms with Crippen LogP contribution < -0.4 is 5.32 Å². The van der Waals surface area contributed by atoms with E-state index in [1.807, 2.05) is 5.32 Å². The van der Waals surface area contributed by atoms with Crippen LogP contribution in [0.15, 0.2) is 18.2 Å². The smallest absolute Gasteiger partial charge is 0.405 e. The van der Waals surface area contributed by atoms with Gasteiger partial charge in [0, 0.05) is 11.3 Å². The molecule has 1 aromatic rings. The fourth-order valence-electron chi connectivity index (χ4n) is 1.26. The third kappa shape index (κ3) is 5.15. The average molecular weight is 273 g/mol. The molecular formula is C10H9F6NO. The molecule has 0 aromatic heterocycles. The maximum atomic E-state index is 12.1. The highest BCUT2D eigenvalue weighted by atomic mass is 19.4. The highest BCUT2D eigenvalue weighted by Gasteiger charge is 2.30. The highest BCUT2D eigenvalue weighted by Crippen LogP contribution is 2.29. The van der Waals surface area contributed by atoms with Gasteiger partial charge in [-0.25, -0.2) is 0 Å². The Morgan fingerprint density at radius 1 is 1.00 bits per heavy atom. The number of alkyl halides is 6. The van der Waals surface area contributed by atoms with Crippen LogP contribution in [0.5, 0.6) is 5.75 Å². The molecule has 2 nitrogen and oxygen atoms in total. The predicted molar refractivity (Wildman–Crippen MR) is 52.4 cm³/mol. The van der Waals surface area contributed by atoms with Gasteiger partial charge in [-0.1, -0.05) is 0 Å². The number of nitrogens with one attached hydrogen (secondary N) is 1. The van der Waals surface area contributed by atoms with Crippen molar-refractivity contribution >= 4 is 5.69 Å². The Hall–Kier alpha value is -1.60. The molecule has 1 aromatic carbocycles. The monoisotopic (exact) mass is 273 g/mol. The summed E-state index contributed by atoms with van der Waals surface area (Å²) in [5.74, 6) is -0.607. The predicted octanol–water partition coefficient (Wildman–Crippen LogP) is 3.47. The number of phenols is 1. The van der Waals surface area contributed by atoms with Gasteiger partial charge in [-0.2, -0.15) is 26.3 Å². The highest BCUT2D eigenvalue weighted by molar-refractivity contribution is 5.51. The number of benzene rings is 1. The van der Waals surface area contributed by atoms with Crippen LogP contribution in [0.2, 0.25) is 0 Å². The first kappa shape index (κ1) is 14.5. The van der Waals surface area contributed by atoms with Crippen LogP contribution in [0.25, 0.3) is 0 Å². The van der Waals surface area contributed by atoms with Crippen LogP contribution >= 0.6 is 0 Å². The average Bonchev–Trinajstić information content (AvgIpc) is 2.16. The molecule has 0 radical (unpaired) electrons. The van der Waals surface area contributed by atoms with Gasteiger partial charge >= 0.3 is 12.4 Å². The number of hydrogen-bond acceptors (Lipinski definition) is 2. The van der Waals surface area contributed by atoms with Crippen LogP contribution in [0.1, 0.15) is 5.56 Å². The summed E-state index contributed by atoms with van der Waals surface area (Å²) in [7, 11) is 0. The molecule has 0 aliphatic heterocycles. The van der Waals surface area contributed by atoms with Gasteiger partial charge in [-0.15, -0.1) is 0 Å². The van der Waals surface area contributed by atoms with Crippen molar-refractivity contribution in [2.45, 2.75) is 18.8 Å². The minimum absolute atomic E-state index is 0.135. The van der Waals surface area contributed by atoms with E-state index in [9.17, 15) is 31.4 Å². The first-order chi connectivity index (χ1) is 8.07. The minimum Gasteiger partial charge on any atom is -0.508 e. The van der Waals surface area contributed by atoms with Crippen molar-refractivity contribution in [3.8, 4) is 5.75 Å². The minimum atomic E-state index is -4.54. The molecule has 0 bridgehead atoms. The molecule has 0 aliphatic rings. The summed E-state index contributed by atoms with van der Waals surface area (Å²) < 4.78 is 72.1. The summed E-state index contributed by atoms with van der Waals surface area (Å²) in [5, 5.41) is 11.1. The Kier molecular flexibility index (Phi) is 3.98. The third-order valence-electron chi connectivity index (χ3n) is 1.96. The molecule has 0 unspecified atom stereocenters. The number of anilines is 1. The van der Waals surface area contributed by atoms with E-state index in [0.29, 0.717) is 0 Å². The van der Waals surface area contributed by atoms with Crippen molar-refractivity contribution in [3.63, 3.8) is 0 Å². The quantitative estimate of drug-likeness (QED) is 0.653. The number of halogens is 6. The van der Waals surface area contributed by atoms with Gasteiger partial charge in [0.05, 0.1) is 6.42 Å². The van der Waals surface area contributed by atoms with Crippen LogP contribution in [-0.2, 0) is 6.42 Å². The Morgan fingerprint density at radius 2 is 1.61 bits per heavy atom. The standard InChI is InChI=1S/C10H9F6NO/c11-9(12,13)4-6-3-7(1-2-8(6)18)17-5-10(14,15)16/h1-3,17-18H,4-5H2. The normalized spacial score (nSPS) is 12.6. The number of phenolic OH excluding ortho intramolecular Hbond substituents is 1. The Balaban J connectivity index is 2.81. The van der Waals surface area contributed by atoms with Gasteiger partial charge in [0.25, 0.3) is 0 Å². The van der Waals surface area contributed by atoms with E-state index in [-0.39, 0.29) is 5.69 Å².